The van der Waals surface area contributed by atoms with E-state index in [4.69, 9.17) is 4.74 Å². The molecule has 0 unspecified atom stereocenters. The van der Waals surface area contributed by atoms with E-state index in [1.165, 1.54) is 12.8 Å². The smallest absolute Gasteiger partial charge is 0.321 e. The maximum absolute atomic E-state index is 12.9. The summed E-state index contributed by atoms with van der Waals surface area (Å²) in [4.78, 5) is 31.4. The van der Waals surface area contributed by atoms with Gasteiger partial charge in [0.25, 0.3) is 5.91 Å². The summed E-state index contributed by atoms with van der Waals surface area (Å²) in [5.41, 5.74) is 4.71. The highest BCUT2D eigenvalue weighted by molar-refractivity contribution is 6.04. The van der Waals surface area contributed by atoms with Crippen LogP contribution in [0.4, 0.5) is 16.2 Å². The van der Waals surface area contributed by atoms with Crippen LogP contribution in [0.5, 0.6) is 5.75 Å². The monoisotopic (exact) mass is 472 g/mol. The first-order chi connectivity index (χ1) is 17.0. The molecular weight excluding hydrogens is 440 g/mol. The third kappa shape index (κ3) is 6.59. The average molecular weight is 473 g/mol. The Morgan fingerprint density at radius 1 is 0.914 bits per heavy atom. The molecule has 0 spiro atoms. The summed E-state index contributed by atoms with van der Waals surface area (Å²) in [7, 11) is 0. The van der Waals surface area contributed by atoms with Crippen molar-refractivity contribution in [1.82, 2.24) is 9.88 Å². The predicted molar refractivity (Wildman–Crippen MR) is 138 cm³/mol. The molecule has 1 aromatic heterocycles. The molecule has 0 saturated carbocycles. The minimum absolute atomic E-state index is 0.0690. The third-order valence-electron chi connectivity index (χ3n) is 6.12. The molecule has 1 aliphatic heterocycles. The fraction of sp³-hybridized carbons (Fsp3) is 0.321. The Balaban J connectivity index is 1.35. The number of hydrogen-bond donors (Lipinski definition) is 2. The third-order valence-corrected chi connectivity index (χ3v) is 6.12. The lowest BCUT2D eigenvalue weighted by Crippen LogP contribution is -2.35. The van der Waals surface area contributed by atoms with Crippen LogP contribution in [0.2, 0.25) is 0 Å². The van der Waals surface area contributed by atoms with Crippen molar-refractivity contribution in [1.29, 1.82) is 0 Å². The van der Waals surface area contributed by atoms with Crippen LogP contribution in [0.25, 0.3) is 0 Å². The molecule has 0 bridgehead atoms. The van der Waals surface area contributed by atoms with E-state index in [0.717, 1.165) is 48.4 Å². The van der Waals surface area contributed by atoms with Crippen molar-refractivity contribution in [3.8, 4) is 5.75 Å². The number of carbonyl (C=O) groups excluding carboxylic acids is 2. The van der Waals surface area contributed by atoms with Crippen LogP contribution in [0, 0.1) is 13.8 Å². The number of aryl methyl sites for hydroxylation is 2. The van der Waals surface area contributed by atoms with E-state index >= 15 is 0 Å². The first kappa shape index (κ1) is 24.3. The van der Waals surface area contributed by atoms with Gasteiger partial charge < -0.3 is 20.3 Å². The summed E-state index contributed by atoms with van der Waals surface area (Å²) in [6.07, 6.45) is 7.96. The topological polar surface area (TPSA) is 83.6 Å². The lowest BCUT2D eigenvalue weighted by molar-refractivity contribution is 0.102. The Morgan fingerprint density at radius 2 is 1.54 bits per heavy atom. The van der Waals surface area contributed by atoms with Gasteiger partial charge >= 0.3 is 6.03 Å². The maximum Gasteiger partial charge on any atom is 0.321 e. The molecule has 7 heteroatoms. The zero-order chi connectivity index (χ0) is 24.6. The first-order valence-electron chi connectivity index (χ1n) is 12.1. The van der Waals surface area contributed by atoms with Crippen molar-refractivity contribution in [2.45, 2.75) is 46.1 Å². The Hall–Kier alpha value is -3.87. The normalized spacial score (nSPS) is 13.6. The van der Waals surface area contributed by atoms with E-state index < -0.39 is 0 Å². The highest BCUT2D eigenvalue weighted by atomic mass is 16.5. The lowest BCUT2D eigenvalue weighted by Gasteiger charge is -2.20. The van der Waals surface area contributed by atoms with Crippen molar-refractivity contribution in [3.05, 3.63) is 83.2 Å². The summed E-state index contributed by atoms with van der Waals surface area (Å²) in [6.45, 7) is 5.88. The zero-order valence-corrected chi connectivity index (χ0v) is 20.3. The molecule has 2 N–H and O–H groups in total. The molecule has 0 radical (unpaired) electrons. The summed E-state index contributed by atoms with van der Waals surface area (Å²) in [6, 6.07) is 14.6. The number of nitrogens with one attached hydrogen (secondary N) is 2. The number of rotatable bonds is 6. The molecule has 3 amide bonds. The van der Waals surface area contributed by atoms with E-state index in [-0.39, 0.29) is 11.9 Å². The van der Waals surface area contributed by atoms with Gasteiger partial charge in [0.05, 0.1) is 0 Å². The Labute approximate surface area is 206 Å². The molecule has 1 aliphatic rings. The first-order valence-corrected chi connectivity index (χ1v) is 12.1. The van der Waals surface area contributed by atoms with Crippen LogP contribution in [0.3, 0.4) is 0 Å². The summed E-state index contributed by atoms with van der Waals surface area (Å²) >= 11 is 0. The number of likely N-dealkylation sites (tertiary alicyclic amines) is 1. The van der Waals surface area contributed by atoms with Gasteiger partial charge in [-0.15, -0.1) is 0 Å². The lowest BCUT2D eigenvalue weighted by atomic mass is 10.0. The largest absolute Gasteiger partial charge is 0.488 e. The number of hydrogen-bond acceptors (Lipinski definition) is 4. The molecule has 35 heavy (non-hydrogen) atoms. The van der Waals surface area contributed by atoms with Crippen molar-refractivity contribution >= 4 is 23.3 Å². The minimum atomic E-state index is -0.198. The van der Waals surface area contributed by atoms with Crippen LogP contribution in [-0.4, -0.2) is 34.9 Å². The Kier molecular flexibility index (Phi) is 7.98. The van der Waals surface area contributed by atoms with Gasteiger partial charge in [-0.3, -0.25) is 9.78 Å². The number of pyridine rings is 1. The Bertz CT molecular complexity index is 1130. The summed E-state index contributed by atoms with van der Waals surface area (Å²) in [5.74, 6) is 0.575. The second-order valence-corrected chi connectivity index (χ2v) is 8.95. The molecule has 0 atom stereocenters. The van der Waals surface area contributed by atoms with Crippen molar-refractivity contribution in [3.63, 3.8) is 0 Å². The van der Waals surface area contributed by atoms with Gasteiger partial charge in [-0.25, -0.2) is 4.79 Å². The van der Waals surface area contributed by atoms with E-state index in [0.29, 0.717) is 23.5 Å². The van der Waals surface area contributed by atoms with Gasteiger partial charge in [-0.1, -0.05) is 18.9 Å². The number of benzene rings is 2. The van der Waals surface area contributed by atoms with Gasteiger partial charge in [0.15, 0.2) is 0 Å². The van der Waals surface area contributed by atoms with E-state index in [9.17, 15) is 9.59 Å². The number of carbonyl (C=O) groups is 2. The second kappa shape index (κ2) is 11.5. The van der Waals surface area contributed by atoms with Gasteiger partial charge in [0, 0.05) is 48.0 Å². The number of anilines is 2. The zero-order valence-electron chi connectivity index (χ0n) is 20.3. The number of amides is 3. The molecular formula is C28H32N4O3. The standard InChI is InChI=1S/C28H32N4O3/c1-20-16-23(17-21(2)26(20)35-19-22-8-7-13-29-18-22)27(33)30-24-9-11-25(12-10-24)31-28(34)32-14-5-3-4-6-15-32/h7-13,16-18H,3-6,14-15,19H2,1-2H3,(H,30,33)(H,31,34). The van der Waals surface area contributed by atoms with Crippen LogP contribution in [0.1, 0.15) is 52.7 Å². The number of nitrogens with zero attached hydrogens (tertiary/aromatic N) is 2. The van der Waals surface area contributed by atoms with E-state index in [1.54, 1.807) is 36.7 Å². The summed E-state index contributed by atoms with van der Waals surface area (Å²) < 4.78 is 5.99. The highest BCUT2D eigenvalue weighted by Crippen LogP contribution is 2.26. The van der Waals surface area contributed by atoms with Crippen LogP contribution in [0.15, 0.2) is 60.9 Å². The SMILES string of the molecule is Cc1cc(C(=O)Nc2ccc(NC(=O)N3CCCCCC3)cc2)cc(C)c1OCc1cccnc1. The minimum Gasteiger partial charge on any atom is -0.488 e. The van der Waals surface area contributed by atoms with E-state index in [1.807, 2.05) is 43.0 Å². The van der Waals surface area contributed by atoms with E-state index in [2.05, 4.69) is 15.6 Å². The second-order valence-electron chi connectivity index (χ2n) is 8.95. The van der Waals surface area contributed by atoms with Crippen molar-refractivity contribution < 1.29 is 14.3 Å². The molecule has 182 valence electrons. The van der Waals surface area contributed by atoms with Gasteiger partial charge in [-0.05, 0) is 80.3 Å². The van der Waals surface area contributed by atoms with Gasteiger partial charge in [0.1, 0.15) is 12.4 Å². The molecule has 7 nitrogen and oxygen atoms in total. The Morgan fingerprint density at radius 3 is 2.14 bits per heavy atom. The molecule has 1 fully saturated rings. The van der Waals surface area contributed by atoms with Crippen molar-refractivity contribution in [2.75, 3.05) is 23.7 Å². The molecule has 3 aromatic rings. The molecule has 4 rings (SSSR count). The summed E-state index contributed by atoms with van der Waals surface area (Å²) in [5, 5.41) is 5.88. The number of urea groups is 1. The van der Waals surface area contributed by atoms with Crippen LogP contribution >= 0.6 is 0 Å². The highest BCUT2D eigenvalue weighted by Gasteiger charge is 2.16. The van der Waals surface area contributed by atoms with Crippen LogP contribution in [-0.2, 0) is 6.61 Å². The molecule has 0 aliphatic carbocycles. The molecule has 2 aromatic carbocycles. The number of aromatic nitrogens is 1. The van der Waals surface area contributed by atoms with Crippen LogP contribution < -0.4 is 15.4 Å². The van der Waals surface area contributed by atoms with Gasteiger partial charge in [0.2, 0.25) is 0 Å². The molecule has 2 heterocycles. The average Bonchev–Trinajstić information content (AvgIpc) is 3.15. The maximum atomic E-state index is 12.9. The van der Waals surface area contributed by atoms with Crippen molar-refractivity contribution in [2.24, 2.45) is 0 Å². The fourth-order valence-corrected chi connectivity index (χ4v) is 4.26. The molecule has 1 saturated heterocycles. The predicted octanol–water partition coefficient (Wildman–Crippen LogP) is 5.94. The fourth-order valence-electron chi connectivity index (χ4n) is 4.26. The van der Waals surface area contributed by atoms with Gasteiger partial charge in [-0.2, -0.15) is 0 Å². The quantitative estimate of drug-likeness (QED) is 0.465. The number of ether oxygens (including phenoxy) is 1.